The summed E-state index contributed by atoms with van der Waals surface area (Å²) in [6.45, 7) is 4.11. The maximum Gasteiger partial charge on any atom is 0.130 e. The van der Waals surface area contributed by atoms with Crippen LogP contribution in [0.2, 0.25) is 0 Å². The summed E-state index contributed by atoms with van der Waals surface area (Å²) in [4.78, 5) is 0. The van der Waals surface area contributed by atoms with Crippen molar-refractivity contribution in [3.8, 4) is 11.5 Å². The maximum atomic E-state index is 5.47. The standard InChI is InChI=1S/C20H20N2O2/c1-13-10-14(2)12-15(11-13)21-22-17-8-9-19(24-4)20-16(17)6-5-7-18(20)23-3/h5-12H,1-4H3. The van der Waals surface area contributed by atoms with Crippen LogP contribution in [-0.4, -0.2) is 14.2 Å². The van der Waals surface area contributed by atoms with E-state index in [0.717, 1.165) is 33.6 Å². The van der Waals surface area contributed by atoms with Crippen LogP contribution in [0.5, 0.6) is 11.5 Å². The molecule has 0 fully saturated rings. The van der Waals surface area contributed by atoms with Crippen molar-refractivity contribution in [1.82, 2.24) is 0 Å². The SMILES string of the molecule is COc1cccc2c(N=Nc3cc(C)cc(C)c3)ccc(OC)c12. The fourth-order valence-corrected chi connectivity index (χ4v) is 2.87. The molecule has 0 aliphatic carbocycles. The smallest absolute Gasteiger partial charge is 0.130 e. The van der Waals surface area contributed by atoms with Crippen LogP contribution in [0, 0.1) is 13.8 Å². The molecule has 4 heteroatoms. The van der Waals surface area contributed by atoms with Crippen molar-refractivity contribution >= 4 is 22.1 Å². The third-order valence-electron chi connectivity index (χ3n) is 3.86. The van der Waals surface area contributed by atoms with Crippen molar-refractivity contribution in [3.63, 3.8) is 0 Å². The van der Waals surface area contributed by atoms with Crippen molar-refractivity contribution in [2.45, 2.75) is 13.8 Å². The number of fused-ring (bicyclic) bond motifs is 1. The topological polar surface area (TPSA) is 43.2 Å². The number of ether oxygens (including phenoxy) is 2. The Morgan fingerprint density at radius 1 is 0.750 bits per heavy atom. The predicted molar refractivity (Wildman–Crippen MR) is 97.1 cm³/mol. The van der Waals surface area contributed by atoms with E-state index in [0.29, 0.717) is 0 Å². The lowest BCUT2D eigenvalue weighted by atomic mass is 10.1. The van der Waals surface area contributed by atoms with Gasteiger partial charge in [0.1, 0.15) is 11.5 Å². The van der Waals surface area contributed by atoms with Gasteiger partial charge in [0.05, 0.1) is 31.0 Å². The maximum absolute atomic E-state index is 5.47. The molecule has 122 valence electrons. The zero-order valence-electron chi connectivity index (χ0n) is 14.3. The number of rotatable bonds is 4. The molecule has 24 heavy (non-hydrogen) atoms. The van der Waals surface area contributed by atoms with E-state index in [1.54, 1.807) is 14.2 Å². The van der Waals surface area contributed by atoms with E-state index in [2.05, 4.69) is 30.1 Å². The highest BCUT2D eigenvalue weighted by molar-refractivity contribution is 6.00. The molecule has 3 aromatic carbocycles. The number of hydrogen-bond donors (Lipinski definition) is 0. The quantitative estimate of drug-likeness (QED) is 0.563. The largest absolute Gasteiger partial charge is 0.496 e. The first kappa shape index (κ1) is 16.0. The van der Waals surface area contributed by atoms with Gasteiger partial charge in [-0.1, -0.05) is 18.2 Å². The van der Waals surface area contributed by atoms with E-state index in [-0.39, 0.29) is 0 Å². The van der Waals surface area contributed by atoms with Gasteiger partial charge in [-0.15, -0.1) is 5.11 Å². The molecule has 3 rings (SSSR count). The number of nitrogens with zero attached hydrogens (tertiary/aromatic N) is 2. The van der Waals surface area contributed by atoms with Crippen molar-refractivity contribution < 1.29 is 9.47 Å². The van der Waals surface area contributed by atoms with E-state index < -0.39 is 0 Å². The van der Waals surface area contributed by atoms with Gasteiger partial charge < -0.3 is 9.47 Å². The zero-order valence-corrected chi connectivity index (χ0v) is 14.3. The van der Waals surface area contributed by atoms with Gasteiger partial charge >= 0.3 is 0 Å². The van der Waals surface area contributed by atoms with E-state index >= 15 is 0 Å². The fraction of sp³-hybridized carbons (Fsp3) is 0.200. The summed E-state index contributed by atoms with van der Waals surface area (Å²) < 4.78 is 10.9. The van der Waals surface area contributed by atoms with Crippen LogP contribution in [0.4, 0.5) is 11.4 Å². The van der Waals surface area contributed by atoms with Gasteiger partial charge in [0.2, 0.25) is 0 Å². The van der Waals surface area contributed by atoms with Gasteiger partial charge in [-0.25, -0.2) is 0 Å². The number of methoxy groups -OCH3 is 2. The molecule has 0 bridgehead atoms. The number of aryl methyl sites for hydroxylation is 2. The van der Waals surface area contributed by atoms with Gasteiger partial charge in [0, 0.05) is 5.39 Å². The Morgan fingerprint density at radius 3 is 2.08 bits per heavy atom. The first-order chi connectivity index (χ1) is 11.6. The van der Waals surface area contributed by atoms with Gasteiger partial charge in [-0.3, -0.25) is 0 Å². The normalized spacial score (nSPS) is 11.2. The lowest BCUT2D eigenvalue weighted by Crippen LogP contribution is -1.89. The Morgan fingerprint density at radius 2 is 1.42 bits per heavy atom. The van der Waals surface area contributed by atoms with Crippen molar-refractivity contribution in [2.24, 2.45) is 10.2 Å². The molecule has 0 saturated heterocycles. The highest BCUT2D eigenvalue weighted by Gasteiger charge is 2.11. The van der Waals surface area contributed by atoms with Gasteiger partial charge in [0.15, 0.2) is 0 Å². The van der Waals surface area contributed by atoms with Crippen molar-refractivity contribution in [3.05, 3.63) is 59.7 Å². The monoisotopic (exact) mass is 320 g/mol. The lowest BCUT2D eigenvalue weighted by Gasteiger charge is -2.11. The summed E-state index contributed by atoms with van der Waals surface area (Å²) in [7, 11) is 3.30. The molecular weight excluding hydrogens is 300 g/mol. The number of azo groups is 1. The van der Waals surface area contributed by atoms with Crippen LogP contribution in [0.3, 0.4) is 0 Å². The van der Waals surface area contributed by atoms with E-state index in [9.17, 15) is 0 Å². The lowest BCUT2D eigenvalue weighted by molar-refractivity contribution is 0.405. The minimum absolute atomic E-state index is 0.757. The second kappa shape index (κ2) is 6.71. The average molecular weight is 320 g/mol. The third-order valence-corrected chi connectivity index (χ3v) is 3.86. The fourth-order valence-electron chi connectivity index (χ4n) is 2.87. The highest BCUT2D eigenvalue weighted by atomic mass is 16.5. The molecule has 0 N–H and O–H groups in total. The molecule has 4 nitrogen and oxygen atoms in total. The summed E-state index contributed by atoms with van der Waals surface area (Å²) in [6, 6.07) is 15.8. The molecule has 0 spiro atoms. The molecule has 0 aromatic heterocycles. The van der Waals surface area contributed by atoms with Crippen LogP contribution < -0.4 is 9.47 Å². The molecule has 3 aromatic rings. The van der Waals surface area contributed by atoms with E-state index in [1.807, 2.05) is 42.5 Å². The second-order valence-electron chi connectivity index (χ2n) is 5.72. The van der Waals surface area contributed by atoms with E-state index in [4.69, 9.17) is 9.47 Å². The Labute approximate surface area is 141 Å². The molecule has 0 aliphatic heterocycles. The summed E-state index contributed by atoms with van der Waals surface area (Å²) in [6.07, 6.45) is 0. The molecule has 0 radical (unpaired) electrons. The first-order valence-corrected chi connectivity index (χ1v) is 7.76. The molecule has 0 unspecified atom stereocenters. The van der Waals surface area contributed by atoms with Gasteiger partial charge in [-0.2, -0.15) is 5.11 Å². The molecule has 0 atom stereocenters. The van der Waals surface area contributed by atoms with Crippen LogP contribution in [0.1, 0.15) is 11.1 Å². The Kier molecular flexibility index (Phi) is 4.47. The summed E-state index contributed by atoms with van der Waals surface area (Å²) >= 11 is 0. The van der Waals surface area contributed by atoms with Crippen molar-refractivity contribution in [1.29, 1.82) is 0 Å². The predicted octanol–water partition coefficient (Wildman–Crippen LogP) is 5.89. The molecule has 0 amide bonds. The number of benzene rings is 3. The Bertz CT molecular complexity index is 886. The highest BCUT2D eigenvalue weighted by Crippen LogP contribution is 2.39. The molecular formula is C20H20N2O2. The van der Waals surface area contributed by atoms with Crippen LogP contribution in [0.15, 0.2) is 58.8 Å². The summed E-state index contributed by atoms with van der Waals surface area (Å²) in [5.41, 5.74) is 3.97. The van der Waals surface area contributed by atoms with Gasteiger partial charge in [0.25, 0.3) is 0 Å². The Balaban J connectivity index is 2.11. The zero-order chi connectivity index (χ0) is 17.1. The van der Waals surface area contributed by atoms with Crippen LogP contribution >= 0.6 is 0 Å². The van der Waals surface area contributed by atoms with Crippen molar-refractivity contribution in [2.75, 3.05) is 14.2 Å². The third kappa shape index (κ3) is 3.08. The molecule has 0 saturated carbocycles. The second-order valence-corrected chi connectivity index (χ2v) is 5.72. The molecule has 0 heterocycles. The summed E-state index contributed by atoms with van der Waals surface area (Å²) in [5.74, 6) is 1.51. The van der Waals surface area contributed by atoms with Crippen LogP contribution in [0.25, 0.3) is 10.8 Å². The number of hydrogen-bond acceptors (Lipinski definition) is 4. The molecule has 0 aliphatic rings. The average Bonchev–Trinajstić information content (AvgIpc) is 2.58. The minimum atomic E-state index is 0.757. The summed E-state index contributed by atoms with van der Waals surface area (Å²) in [5, 5.41) is 10.7. The van der Waals surface area contributed by atoms with Gasteiger partial charge in [-0.05, 0) is 55.3 Å². The minimum Gasteiger partial charge on any atom is -0.496 e. The first-order valence-electron chi connectivity index (χ1n) is 7.76. The van der Waals surface area contributed by atoms with Crippen LogP contribution in [-0.2, 0) is 0 Å². The Hall–Kier alpha value is -2.88. The van der Waals surface area contributed by atoms with E-state index in [1.165, 1.54) is 11.1 Å².